The fraction of sp³-hybridized carbons (Fsp3) is 0.294. The van der Waals surface area contributed by atoms with E-state index in [1.54, 1.807) is 37.4 Å². The number of thiocarbonyl (C=S) groups is 1. The molecule has 1 amide bonds. The van der Waals surface area contributed by atoms with Gasteiger partial charge < -0.3 is 10.1 Å². The van der Waals surface area contributed by atoms with Crippen LogP contribution in [0.25, 0.3) is 0 Å². The van der Waals surface area contributed by atoms with Crippen molar-refractivity contribution in [3.05, 3.63) is 40.6 Å². The molecule has 7 nitrogen and oxygen atoms in total. The molecule has 0 bridgehead atoms. The van der Waals surface area contributed by atoms with E-state index in [0.29, 0.717) is 29.4 Å². The molecule has 0 atom stereocenters. The third kappa shape index (κ3) is 5.04. The molecule has 0 aliphatic carbocycles. The maximum Gasteiger partial charge on any atom is 0.267 e. The summed E-state index contributed by atoms with van der Waals surface area (Å²) in [4.78, 5) is 12.7. The number of carbonyl (C=O) groups is 1. The molecule has 0 radical (unpaired) electrons. The standard InChI is InChI=1S/C17H21N3O4S3/c1-4-20(5-2)27(22,23)12-8-9-14(24-3)13(11-12)18-17(25)19-16(21)15-7-6-10-26-15/h6-11H,4-5H2,1-3H3,(H2,18,19,21,25). The molecule has 1 aromatic heterocycles. The first kappa shape index (κ1) is 21.3. The van der Waals surface area contributed by atoms with Crippen LogP contribution in [0.15, 0.2) is 40.6 Å². The van der Waals surface area contributed by atoms with Gasteiger partial charge in [-0.15, -0.1) is 11.3 Å². The first-order chi connectivity index (χ1) is 12.8. The van der Waals surface area contributed by atoms with Crippen LogP contribution >= 0.6 is 23.6 Å². The number of hydrogen-bond donors (Lipinski definition) is 2. The maximum absolute atomic E-state index is 12.7. The van der Waals surface area contributed by atoms with Crippen molar-refractivity contribution in [1.82, 2.24) is 9.62 Å². The Bertz CT molecular complexity index is 908. The highest BCUT2D eigenvalue weighted by molar-refractivity contribution is 7.89. The lowest BCUT2D eigenvalue weighted by molar-refractivity contribution is 0.0981. The molecule has 27 heavy (non-hydrogen) atoms. The van der Waals surface area contributed by atoms with Gasteiger partial charge in [0.25, 0.3) is 5.91 Å². The highest BCUT2D eigenvalue weighted by Gasteiger charge is 2.23. The molecule has 0 saturated carbocycles. The van der Waals surface area contributed by atoms with E-state index in [2.05, 4.69) is 10.6 Å². The molecule has 2 N–H and O–H groups in total. The lowest BCUT2D eigenvalue weighted by atomic mass is 10.3. The first-order valence-corrected chi connectivity index (χ1v) is 10.9. The van der Waals surface area contributed by atoms with Crippen LogP contribution in [0.4, 0.5) is 5.69 Å². The van der Waals surface area contributed by atoms with Crippen molar-refractivity contribution < 1.29 is 17.9 Å². The number of nitrogens with one attached hydrogen (secondary N) is 2. The Morgan fingerprint density at radius 2 is 1.96 bits per heavy atom. The van der Waals surface area contributed by atoms with Gasteiger partial charge in [-0.25, -0.2) is 8.42 Å². The Balaban J connectivity index is 2.25. The summed E-state index contributed by atoms with van der Waals surface area (Å²) in [5, 5.41) is 7.23. The highest BCUT2D eigenvalue weighted by Crippen LogP contribution is 2.29. The van der Waals surface area contributed by atoms with E-state index >= 15 is 0 Å². The van der Waals surface area contributed by atoms with Crippen molar-refractivity contribution in [2.24, 2.45) is 0 Å². The number of benzene rings is 1. The van der Waals surface area contributed by atoms with Gasteiger partial charge in [-0.05, 0) is 41.9 Å². The fourth-order valence-electron chi connectivity index (χ4n) is 2.38. The van der Waals surface area contributed by atoms with Gasteiger partial charge in [0, 0.05) is 13.1 Å². The van der Waals surface area contributed by atoms with Crippen molar-refractivity contribution in [2.75, 3.05) is 25.5 Å². The molecule has 2 aromatic rings. The molecule has 0 unspecified atom stereocenters. The number of methoxy groups -OCH3 is 1. The average molecular weight is 428 g/mol. The summed E-state index contributed by atoms with van der Waals surface area (Å²) in [6.07, 6.45) is 0. The topological polar surface area (TPSA) is 87.7 Å². The smallest absolute Gasteiger partial charge is 0.267 e. The molecule has 0 saturated heterocycles. The number of thiophene rings is 1. The summed E-state index contributed by atoms with van der Waals surface area (Å²) in [6, 6.07) is 7.91. The summed E-state index contributed by atoms with van der Waals surface area (Å²) in [6.45, 7) is 4.28. The minimum absolute atomic E-state index is 0.0455. The van der Waals surface area contributed by atoms with Crippen LogP contribution < -0.4 is 15.4 Å². The Labute approximate surface area is 168 Å². The zero-order valence-electron chi connectivity index (χ0n) is 15.2. The molecule has 10 heteroatoms. The summed E-state index contributed by atoms with van der Waals surface area (Å²) in [5.41, 5.74) is 0.349. The van der Waals surface area contributed by atoms with Crippen LogP contribution in [-0.2, 0) is 10.0 Å². The van der Waals surface area contributed by atoms with Crippen molar-refractivity contribution in [2.45, 2.75) is 18.7 Å². The quantitative estimate of drug-likeness (QED) is 0.661. The third-order valence-electron chi connectivity index (χ3n) is 3.73. The van der Waals surface area contributed by atoms with Crippen molar-refractivity contribution in [3.8, 4) is 5.75 Å². The minimum Gasteiger partial charge on any atom is -0.495 e. The summed E-state index contributed by atoms with van der Waals surface area (Å²) in [5.74, 6) is 0.0644. The Morgan fingerprint density at radius 3 is 2.52 bits per heavy atom. The number of nitrogens with zero attached hydrogens (tertiary/aromatic N) is 1. The lowest BCUT2D eigenvalue weighted by Crippen LogP contribution is -2.34. The van der Waals surface area contributed by atoms with Crippen LogP contribution in [0.2, 0.25) is 0 Å². The van der Waals surface area contributed by atoms with Gasteiger partial charge in [-0.1, -0.05) is 19.9 Å². The number of rotatable bonds is 7. The second-order valence-corrected chi connectivity index (χ2v) is 8.63. The van der Waals surface area contributed by atoms with Crippen molar-refractivity contribution in [1.29, 1.82) is 0 Å². The van der Waals surface area contributed by atoms with Gasteiger partial charge in [0.1, 0.15) is 5.75 Å². The Morgan fingerprint density at radius 1 is 1.26 bits per heavy atom. The monoisotopic (exact) mass is 427 g/mol. The molecule has 2 rings (SSSR count). The molecule has 0 spiro atoms. The summed E-state index contributed by atoms with van der Waals surface area (Å²) >= 11 is 6.47. The zero-order chi connectivity index (χ0) is 20.0. The normalized spacial score (nSPS) is 11.3. The number of hydrogen-bond acceptors (Lipinski definition) is 6. The average Bonchev–Trinajstić information content (AvgIpc) is 3.17. The highest BCUT2D eigenvalue weighted by atomic mass is 32.2. The van der Waals surface area contributed by atoms with Gasteiger partial charge in [0.15, 0.2) is 5.11 Å². The molecule has 0 aliphatic rings. The van der Waals surface area contributed by atoms with E-state index in [1.807, 2.05) is 0 Å². The van der Waals surface area contributed by atoms with Crippen LogP contribution in [0.3, 0.4) is 0 Å². The number of sulfonamides is 1. The second-order valence-electron chi connectivity index (χ2n) is 5.34. The Hall–Kier alpha value is -2.01. The number of anilines is 1. The van der Waals surface area contributed by atoms with Gasteiger partial charge in [0.2, 0.25) is 10.0 Å². The fourth-order valence-corrected chi connectivity index (χ4v) is 4.69. The van der Waals surface area contributed by atoms with Crippen LogP contribution in [0.1, 0.15) is 23.5 Å². The van der Waals surface area contributed by atoms with Crippen LogP contribution in [0.5, 0.6) is 5.75 Å². The minimum atomic E-state index is -3.63. The molecular weight excluding hydrogens is 406 g/mol. The zero-order valence-corrected chi connectivity index (χ0v) is 17.6. The molecule has 1 aromatic carbocycles. The predicted octanol–water partition coefficient (Wildman–Crippen LogP) is 2.91. The molecule has 1 heterocycles. The lowest BCUT2D eigenvalue weighted by Gasteiger charge is -2.20. The molecule has 0 fully saturated rings. The molecule has 146 valence electrons. The van der Waals surface area contributed by atoms with E-state index < -0.39 is 10.0 Å². The van der Waals surface area contributed by atoms with Gasteiger partial charge in [0.05, 0.1) is 22.6 Å². The van der Waals surface area contributed by atoms with Crippen LogP contribution in [0, 0.1) is 0 Å². The van der Waals surface area contributed by atoms with Gasteiger partial charge >= 0.3 is 0 Å². The number of ether oxygens (including phenoxy) is 1. The van der Waals surface area contributed by atoms with Crippen molar-refractivity contribution in [3.63, 3.8) is 0 Å². The maximum atomic E-state index is 12.7. The third-order valence-corrected chi connectivity index (χ3v) is 6.85. The summed E-state index contributed by atoms with van der Waals surface area (Å²) in [7, 11) is -2.17. The van der Waals surface area contributed by atoms with E-state index in [1.165, 1.54) is 34.9 Å². The van der Waals surface area contributed by atoms with Gasteiger partial charge in [-0.2, -0.15) is 4.31 Å². The van der Waals surface area contributed by atoms with E-state index in [-0.39, 0.29) is 15.9 Å². The Kier molecular flexibility index (Phi) is 7.31. The van der Waals surface area contributed by atoms with Gasteiger partial charge in [-0.3, -0.25) is 10.1 Å². The first-order valence-electron chi connectivity index (χ1n) is 8.17. The number of amides is 1. The van der Waals surface area contributed by atoms with E-state index in [4.69, 9.17) is 17.0 Å². The SMILES string of the molecule is CCN(CC)S(=O)(=O)c1ccc(OC)c(NC(=S)NC(=O)c2cccs2)c1. The predicted molar refractivity (Wildman–Crippen MR) is 111 cm³/mol. The van der Waals surface area contributed by atoms with Crippen LogP contribution in [-0.4, -0.2) is 43.9 Å². The second kappa shape index (κ2) is 9.27. The number of carbonyl (C=O) groups excluding carboxylic acids is 1. The van der Waals surface area contributed by atoms with E-state index in [0.717, 1.165) is 0 Å². The van der Waals surface area contributed by atoms with E-state index in [9.17, 15) is 13.2 Å². The van der Waals surface area contributed by atoms with Crippen molar-refractivity contribution >= 4 is 50.3 Å². The molecule has 0 aliphatic heterocycles. The summed E-state index contributed by atoms with van der Waals surface area (Å²) < 4.78 is 32.1. The largest absolute Gasteiger partial charge is 0.495 e. The molecular formula is C17H21N3O4S3.